The second kappa shape index (κ2) is 9.75. The van der Waals surface area contributed by atoms with Crippen molar-refractivity contribution in [2.24, 2.45) is 17.8 Å². The van der Waals surface area contributed by atoms with E-state index < -0.39 is 23.3 Å². The van der Waals surface area contributed by atoms with Gasteiger partial charge in [0.15, 0.2) is 11.7 Å². The minimum absolute atomic E-state index is 0.0476. The van der Waals surface area contributed by atoms with Gasteiger partial charge in [0.05, 0.1) is 0 Å². The zero-order valence-electron chi connectivity index (χ0n) is 18.3. The van der Waals surface area contributed by atoms with Gasteiger partial charge in [0.25, 0.3) is 0 Å². The predicted octanol–water partition coefficient (Wildman–Crippen LogP) is 8.95. The molecule has 4 heteroatoms. The monoisotopic (exact) mass is 432 g/mol. The maximum absolute atomic E-state index is 14.9. The van der Waals surface area contributed by atoms with Gasteiger partial charge >= 0.3 is 0 Å². The Balaban J connectivity index is 1.45. The summed E-state index contributed by atoms with van der Waals surface area (Å²) in [5.74, 6) is -0.738. The summed E-state index contributed by atoms with van der Waals surface area (Å²) in [6, 6.07) is 2.87. The molecule has 0 heterocycles. The number of hydrogen-bond acceptors (Lipinski definition) is 0. The second-order valence-corrected chi connectivity index (χ2v) is 9.81. The molecule has 2 atom stereocenters. The number of benzene rings is 1. The van der Waals surface area contributed by atoms with E-state index in [2.05, 4.69) is 6.92 Å². The van der Waals surface area contributed by atoms with Gasteiger partial charge in [-0.15, -0.1) is 0 Å². The van der Waals surface area contributed by atoms with Crippen LogP contribution in [0.25, 0.3) is 5.57 Å². The van der Waals surface area contributed by atoms with Crippen molar-refractivity contribution in [3.8, 4) is 0 Å². The minimum Gasteiger partial charge on any atom is -0.206 e. The Morgan fingerprint density at radius 3 is 2.06 bits per heavy atom. The standard InChI is InChI=1S/C27H32F4/c1-17-3-2-4-18(6-5-17)19-7-9-20(10-8-19)22-15-25(30)27(26(31)16-22)21-11-13-23(28)24(29)14-12-21/h11,13-20H,2-10,12H2,1H3. The van der Waals surface area contributed by atoms with Crippen LogP contribution in [0.5, 0.6) is 0 Å². The molecule has 2 saturated carbocycles. The van der Waals surface area contributed by atoms with Crippen molar-refractivity contribution >= 4 is 5.57 Å². The zero-order chi connectivity index (χ0) is 22.0. The number of rotatable bonds is 3. The fourth-order valence-electron chi connectivity index (χ4n) is 5.85. The Morgan fingerprint density at radius 2 is 1.35 bits per heavy atom. The highest BCUT2D eigenvalue weighted by atomic mass is 19.2. The van der Waals surface area contributed by atoms with Gasteiger partial charge in [-0.1, -0.05) is 38.7 Å². The SMILES string of the molecule is CC1CCCC(C2CCC(c3cc(F)c(C4=CC=C(F)C(F)=CC4)c(F)c3)CC2)CC1. The average Bonchev–Trinajstić information content (AvgIpc) is 3.07. The van der Waals surface area contributed by atoms with Gasteiger partial charge in [-0.05, 0) is 97.6 Å². The molecule has 0 spiro atoms. The van der Waals surface area contributed by atoms with Crippen LogP contribution < -0.4 is 0 Å². The Morgan fingerprint density at radius 1 is 0.710 bits per heavy atom. The summed E-state index contributed by atoms with van der Waals surface area (Å²) in [6.45, 7) is 2.36. The van der Waals surface area contributed by atoms with E-state index in [1.54, 1.807) is 0 Å². The molecule has 0 saturated heterocycles. The maximum Gasteiger partial charge on any atom is 0.158 e. The van der Waals surface area contributed by atoms with Gasteiger partial charge in [-0.25, -0.2) is 17.6 Å². The summed E-state index contributed by atoms with van der Waals surface area (Å²) in [5.41, 5.74) is 0.778. The lowest BCUT2D eigenvalue weighted by Crippen LogP contribution is -2.21. The third-order valence-electron chi connectivity index (χ3n) is 7.76. The fraction of sp³-hybridized carbons (Fsp3) is 0.556. The van der Waals surface area contributed by atoms with Crippen molar-refractivity contribution in [3.63, 3.8) is 0 Å². The Hall–Kier alpha value is -1.84. The van der Waals surface area contributed by atoms with Crippen molar-refractivity contribution in [1.82, 2.24) is 0 Å². The molecule has 3 aliphatic carbocycles. The topological polar surface area (TPSA) is 0 Å². The molecule has 0 amide bonds. The summed E-state index contributed by atoms with van der Waals surface area (Å²) in [4.78, 5) is 0. The molecule has 0 radical (unpaired) electrons. The van der Waals surface area contributed by atoms with Crippen LogP contribution in [0.2, 0.25) is 0 Å². The van der Waals surface area contributed by atoms with E-state index in [1.165, 1.54) is 50.3 Å². The van der Waals surface area contributed by atoms with Crippen molar-refractivity contribution in [2.45, 2.75) is 77.0 Å². The van der Waals surface area contributed by atoms with Crippen LogP contribution in [-0.2, 0) is 0 Å². The van der Waals surface area contributed by atoms with Crippen molar-refractivity contribution in [1.29, 1.82) is 0 Å². The molecule has 2 unspecified atom stereocenters. The highest BCUT2D eigenvalue weighted by Gasteiger charge is 2.30. The molecule has 0 aliphatic heterocycles. The van der Waals surface area contributed by atoms with Crippen LogP contribution in [0.4, 0.5) is 17.6 Å². The van der Waals surface area contributed by atoms with Gasteiger partial charge in [0.2, 0.25) is 0 Å². The van der Waals surface area contributed by atoms with Gasteiger partial charge in [-0.2, -0.15) is 0 Å². The Labute approximate surface area is 183 Å². The molecule has 0 bridgehead atoms. The summed E-state index contributed by atoms with van der Waals surface area (Å²) in [5, 5.41) is 0. The van der Waals surface area contributed by atoms with Crippen molar-refractivity contribution in [2.75, 3.05) is 0 Å². The van der Waals surface area contributed by atoms with Gasteiger partial charge in [0, 0.05) is 5.56 Å². The molecule has 4 rings (SSSR count). The number of hydrogen-bond donors (Lipinski definition) is 0. The first-order valence-corrected chi connectivity index (χ1v) is 11.8. The molecule has 1 aromatic carbocycles. The summed E-state index contributed by atoms with van der Waals surface area (Å²) < 4.78 is 56.7. The van der Waals surface area contributed by atoms with E-state index in [-0.39, 0.29) is 23.5 Å². The van der Waals surface area contributed by atoms with Crippen molar-refractivity contribution in [3.05, 3.63) is 64.8 Å². The van der Waals surface area contributed by atoms with Crippen molar-refractivity contribution < 1.29 is 17.6 Å². The molecule has 3 aliphatic rings. The molecule has 2 fully saturated rings. The zero-order valence-corrected chi connectivity index (χ0v) is 18.3. The lowest BCUT2D eigenvalue weighted by Gasteiger charge is -2.34. The van der Waals surface area contributed by atoms with Gasteiger partial charge in [0.1, 0.15) is 11.6 Å². The van der Waals surface area contributed by atoms with E-state index >= 15 is 0 Å². The van der Waals surface area contributed by atoms with E-state index in [0.717, 1.165) is 55.6 Å². The van der Waals surface area contributed by atoms with Crippen LogP contribution in [-0.4, -0.2) is 0 Å². The lowest BCUT2D eigenvalue weighted by molar-refractivity contribution is 0.212. The lowest BCUT2D eigenvalue weighted by atomic mass is 9.71. The Bertz CT molecular complexity index is 863. The molecular formula is C27H32F4. The Kier molecular flexibility index (Phi) is 7.03. The summed E-state index contributed by atoms with van der Waals surface area (Å²) in [7, 11) is 0. The minimum atomic E-state index is -1.02. The third kappa shape index (κ3) is 5.15. The molecular weight excluding hydrogens is 400 g/mol. The number of halogens is 4. The highest BCUT2D eigenvalue weighted by molar-refractivity contribution is 5.70. The van der Waals surface area contributed by atoms with E-state index in [1.807, 2.05) is 0 Å². The van der Waals surface area contributed by atoms with Crippen LogP contribution in [0.1, 0.15) is 88.2 Å². The average molecular weight is 433 g/mol. The maximum atomic E-state index is 14.9. The van der Waals surface area contributed by atoms with E-state index in [4.69, 9.17) is 0 Å². The van der Waals surface area contributed by atoms with Crippen LogP contribution in [0.3, 0.4) is 0 Å². The summed E-state index contributed by atoms with van der Waals surface area (Å²) >= 11 is 0. The molecule has 0 nitrogen and oxygen atoms in total. The van der Waals surface area contributed by atoms with Crippen LogP contribution >= 0.6 is 0 Å². The quantitative estimate of drug-likeness (QED) is 0.330. The first-order chi connectivity index (χ1) is 14.9. The predicted molar refractivity (Wildman–Crippen MR) is 118 cm³/mol. The van der Waals surface area contributed by atoms with Gasteiger partial charge < -0.3 is 0 Å². The third-order valence-corrected chi connectivity index (χ3v) is 7.76. The second-order valence-electron chi connectivity index (χ2n) is 9.81. The largest absolute Gasteiger partial charge is 0.206 e. The smallest absolute Gasteiger partial charge is 0.158 e. The van der Waals surface area contributed by atoms with E-state index in [9.17, 15) is 17.6 Å². The van der Waals surface area contributed by atoms with Gasteiger partial charge in [-0.3, -0.25) is 0 Å². The molecule has 1 aromatic rings. The molecule has 31 heavy (non-hydrogen) atoms. The summed E-state index contributed by atoms with van der Waals surface area (Å²) in [6.07, 6.45) is 14.0. The first-order valence-electron chi connectivity index (χ1n) is 11.8. The highest BCUT2D eigenvalue weighted by Crippen LogP contribution is 2.44. The fourth-order valence-corrected chi connectivity index (χ4v) is 5.85. The van der Waals surface area contributed by atoms with Crippen LogP contribution in [0, 0.1) is 29.4 Å². The molecule has 0 aromatic heterocycles. The molecule has 168 valence electrons. The van der Waals surface area contributed by atoms with Crippen LogP contribution in [0.15, 0.2) is 42.0 Å². The van der Waals surface area contributed by atoms with E-state index in [0.29, 0.717) is 5.56 Å². The normalized spacial score (nSPS) is 30.0. The number of allylic oxidation sites excluding steroid dienone is 6. The first kappa shape index (κ1) is 22.4. The molecule has 0 N–H and O–H groups in total.